The molecule has 108 valence electrons. The van der Waals surface area contributed by atoms with Gasteiger partial charge >= 0.3 is 0 Å². The van der Waals surface area contributed by atoms with E-state index in [4.69, 9.17) is 23.2 Å². The van der Waals surface area contributed by atoms with Gasteiger partial charge < -0.3 is 5.32 Å². The number of rotatable bonds is 6. The molecule has 0 heterocycles. The summed E-state index contributed by atoms with van der Waals surface area (Å²) in [6.07, 6.45) is 0. The third-order valence-electron chi connectivity index (χ3n) is 2.26. The molecule has 5 nitrogen and oxygen atoms in total. The van der Waals surface area contributed by atoms with E-state index in [1.807, 2.05) is 6.92 Å². The summed E-state index contributed by atoms with van der Waals surface area (Å²) in [6, 6.07) is 2.93. The van der Waals surface area contributed by atoms with Crippen LogP contribution in [0.5, 0.6) is 0 Å². The van der Waals surface area contributed by atoms with Gasteiger partial charge in [-0.05, 0) is 24.2 Å². The summed E-state index contributed by atoms with van der Waals surface area (Å²) in [5, 5.41) is 4.97. The summed E-state index contributed by atoms with van der Waals surface area (Å²) in [4.78, 5) is 2.35. The Labute approximate surface area is 123 Å². The van der Waals surface area contributed by atoms with Gasteiger partial charge in [0.2, 0.25) is 0 Å². The monoisotopic (exact) mass is 325 g/mol. The summed E-state index contributed by atoms with van der Waals surface area (Å²) in [6.45, 7) is 3.20. The molecule has 0 spiro atoms. The van der Waals surface area contributed by atoms with Gasteiger partial charge in [-0.3, -0.25) is 0 Å². The van der Waals surface area contributed by atoms with Crippen LogP contribution in [-0.4, -0.2) is 34.1 Å². The largest absolute Gasteiger partial charge is 0.313 e. The number of hydrogen-bond acceptors (Lipinski definition) is 4. The first-order chi connectivity index (χ1) is 8.77. The van der Waals surface area contributed by atoms with E-state index in [1.165, 1.54) is 17.1 Å². The molecule has 0 atom stereocenters. The first-order valence-electron chi connectivity index (χ1n) is 5.66. The van der Waals surface area contributed by atoms with Gasteiger partial charge in [0.15, 0.2) is 0 Å². The Bertz CT molecular complexity index is 547. The van der Waals surface area contributed by atoms with Crippen LogP contribution in [0.25, 0.3) is 0 Å². The molecule has 0 fully saturated rings. The quantitative estimate of drug-likeness (QED) is 0.784. The Morgan fingerprint density at radius 1 is 1.21 bits per heavy atom. The summed E-state index contributed by atoms with van der Waals surface area (Å²) in [5.41, 5.74) is 0.687. The minimum Gasteiger partial charge on any atom is -0.313 e. The molecule has 0 aromatic heterocycles. The average Bonchev–Trinajstić information content (AvgIpc) is 2.25. The number of hydrazine groups is 1. The third-order valence-corrected chi connectivity index (χ3v) is 4.56. The third kappa shape index (κ3) is 4.59. The van der Waals surface area contributed by atoms with Crippen LogP contribution in [0.2, 0.25) is 10.0 Å². The molecule has 0 amide bonds. The van der Waals surface area contributed by atoms with Crippen molar-refractivity contribution in [1.82, 2.24) is 15.2 Å². The molecule has 0 aliphatic rings. The maximum absolute atomic E-state index is 12.1. The summed E-state index contributed by atoms with van der Waals surface area (Å²) >= 11 is 12.0. The SMILES string of the molecule is CCNCc1cc(S(=O)(=O)NN(C)C)c(Cl)cc1Cl. The predicted molar refractivity (Wildman–Crippen MR) is 77.9 cm³/mol. The van der Waals surface area contributed by atoms with Crippen LogP contribution >= 0.6 is 23.2 Å². The summed E-state index contributed by atoms with van der Waals surface area (Å²) in [5.74, 6) is 0. The van der Waals surface area contributed by atoms with Gasteiger partial charge in [-0.1, -0.05) is 30.1 Å². The first-order valence-corrected chi connectivity index (χ1v) is 7.90. The van der Waals surface area contributed by atoms with Crippen LogP contribution in [0.3, 0.4) is 0 Å². The molecule has 0 bridgehead atoms. The normalized spacial score (nSPS) is 12.1. The lowest BCUT2D eigenvalue weighted by Crippen LogP contribution is -2.36. The van der Waals surface area contributed by atoms with Crippen molar-refractivity contribution < 1.29 is 8.42 Å². The zero-order valence-corrected chi connectivity index (χ0v) is 13.3. The Morgan fingerprint density at radius 3 is 2.37 bits per heavy atom. The average molecular weight is 326 g/mol. The van der Waals surface area contributed by atoms with Gasteiger partial charge in [-0.2, -0.15) is 0 Å². The molecule has 0 saturated heterocycles. The number of nitrogens with zero attached hydrogens (tertiary/aromatic N) is 1. The van der Waals surface area contributed by atoms with Gasteiger partial charge in [0.25, 0.3) is 10.0 Å². The molecule has 1 rings (SSSR count). The number of halogens is 2. The minimum atomic E-state index is -3.70. The zero-order valence-electron chi connectivity index (χ0n) is 11.0. The van der Waals surface area contributed by atoms with Gasteiger partial charge in [0.1, 0.15) is 4.90 Å². The Hall–Kier alpha value is -0.370. The summed E-state index contributed by atoms with van der Waals surface area (Å²) < 4.78 is 24.2. The Kier molecular flexibility index (Phi) is 6.04. The van der Waals surface area contributed by atoms with Crippen LogP contribution in [0.1, 0.15) is 12.5 Å². The van der Waals surface area contributed by atoms with Crippen LogP contribution < -0.4 is 10.1 Å². The van der Waals surface area contributed by atoms with Crippen LogP contribution in [0.15, 0.2) is 17.0 Å². The van der Waals surface area contributed by atoms with E-state index in [2.05, 4.69) is 10.1 Å². The van der Waals surface area contributed by atoms with Crippen molar-refractivity contribution in [2.45, 2.75) is 18.4 Å². The molecule has 1 aromatic carbocycles. The fraction of sp³-hybridized carbons (Fsp3) is 0.455. The Morgan fingerprint density at radius 2 is 1.84 bits per heavy atom. The second-order valence-electron chi connectivity index (χ2n) is 4.14. The van der Waals surface area contributed by atoms with Gasteiger partial charge in [0, 0.05) is 25.7 Å². The maximum Gasteiger partial charge on any atom is 0.254 e. The first kappa shape index (κ1) is 16.7. The minimum absolute atomic E-state index is 0.0140. The molecule has 8 heteroatoms. The van der Waals surface area contributed by atoms with Crippen molar-refractivity contribution >= 4 is 33.2 Å². The lowest BCUT2D eigenvalue weighted by Gasteiger charge is -2.15. The fourth-order valence-electron chi connectivity index (χ4n) is 1.46. The number of hydrogen-bond donors (Lipinski definition) is 2. The van der Waals surface area contributed by atoms with Crippen molar-refractivity contribution in [2.24, 2.45) is 0 Å². The van der Waals surface area contributed by atoms with Gasteiger partial charge in [0.05, 0.1) is 5.02 Å². The molecular weight excluding hydrogens is 309 g/mol. The Balaban J connectivity index is 3.20. The maximum atomic E-state index is 12.1. The summed E-state index contributed by atoms with van der Waals surface area (Å²) in [7, 11) is -0.528. The zero-order chi connectivity index (χ0) is 14.6. The van der Waals surface area contributed by atoms with E-state index < -0.39 is 10.0 Å². The molecule has 0 unspecified atom stereocenters. The standard InChI is InChI=1S/C11H17Cl2N3O2S/c1-4-14-7-8-5-11(10(13)6-9(8)12)19(17,18)15-16(2)3/h5-6,14-15H,4,7H2,1-3H3. The van der Waals surface area contributed by atoms with Crippen molar-refractivity contribution in [3.8, 4) is 0 Å². The van der Waals surface area contributed by atoms with Crippen molar-refractivity contribution in [1.29, 1.82) is 0 Å². The highest BCUT2D eigenvalue weighted by Gasteiger charge is 2.20. The van der Waals surface area contributed by atoms with Crippen molar-refractivity contribution in [3.63, 3.8) is 0 Å². The van der Waals surface area contributed by atoms with E-state index in [0.29, 0.717) is 17.1 Å². The highest BCUT2D eigenvalue weighted by Crippen LogP contribution is 2.28. The molecule has 0 saturated carbocycles. The molecule has 0 aliphatic heterocycles. The molecule has 0 aliphatic carbocycles. The molecule has 1 aromatic rings. The predicted octanol–water partition coefficient (Wildman–Crippen LogP) is 1.86. The van der Waals surface area contributed by atoms with Crippen molar-refractivity contribution in [3.05, 3.63) is 27.7 Å². The highest BCUT2D eigenvalue weighted by molar-refractivity contribution is 7.89. The van der Waals surface area contributed by atoms with Crippen molar-refractivity contribution in [2.75, 3.05) is 20.6 Å². The molecule has 19 heavy (non-hydrogen) atoms. The second kappa shape index (κ2) is 6.88. The van der Waals surface area contributed by atoms with Crippen LogP contribution in [-0.2, 0) is 16.6 Å². The van der Waals surface area contributed by atoms with Gasteiger partial charge in [-0.25, -0.2) is 13.4 Å². The molecule has 2 N–H and O–H groups in total. The lowest BCUT2D eigenvalue weighted by molar-refractivity contribution is 0.364. The fourth-order valence-corrected chi connectivity index (χ4v) is 3.41. The van der Waals surface area contributed by atoms with E-state index >= 15 is 0 Å². The topological polar surface area (TPSA) is 61.4 Å². The van der Waals surface area contributed by atoms with Crippen LogP contribution in [0.4, 0.5) is 0 Å². The number of nitrogens with one attached hydrogen (secondary N) is 2. The molecule has 0 radical (unpaired) electrons. The van der Waals surface area contributed by atoms with E-state index in [0.717, 1.165) is 6.54 Å². The van der Waals surface area contributed by atoms with Crippen LogP contribution in [0, 0.1) is 0 Å². The van der Waals surface area contributed by atoms with Gasteiger partial charge in [-0.15, -0.1) is 4.83 Å². The van der Waals surface area contributed by atoms with E-state index in [-0.39, 0.29) is 9.92 Å². The highest BCUT2D eigenvalue weighted by atomic mass is 35.5. The van der Waals surface area contributed by atoms with E-state index in [1.54, 1.807) is 14.1 Å². The lowest BCUT2D eigenvalue weighted by atomic mass is 10.2. The number of benzene rings is 1. The smallest absolute Gasteiger partial charge is 0.254 e. The van der Waals surface area contributed by atoms with E-state index in [9.17, 15) is 8.42 Å². The number of sulfonamides is 1. The second-order valence-corrected chi connectivity index (χ2v) is 6.59. The molecular formula is C11H17Cl2N3O2S.